The van der Waals surface area contributed by atoms with Gasteiger partial charge in [-0.2, -0.15) is 5.10 Å². The summed E-state index contributed by atoms with van der Waals surface area (Å²) in [4.78, 5) is 40.5. The van der Waals surface area contributed by atoms with Crippen molar-refractivity contribution in [3.8, 4) is 0 Å². The lowest BCUT2D eigenvalue weighted by Gasteiger charge is -2.38. The second-order valence-corrected chi connectivity index (χ2v) is 11.7. The molecular weight excluding hydrogens is 486 g/mol. The largest absolute Gasteiger partial charge is 0.444 e. The van der Waals surface area contributed by atoms with E-state index in [1.807, 2.05) is 32.5 Å². The van der Waals surface area contributed by atoms with Crippen molar-refractivity contribution in [2.24, 2.45) is 7.05 Å². The Morgan fingerprint density at radius 1 is 1.00 bits per heavy atom. The molecule has 5 rings (SSSR count). The quantitative estimate of drug-likeness (QED) is 0.609. The van der Waals surface area contributed by atoms with Crippen LogP contribution in [-0.2, 0) is 26.1 Å². The lowest BCUT2D eigenvalue weighted by atomic mass is 9.92. The molecule has 3 aliphatic rings. The fourth-order valence-corrected chi connectivity index (χ4v) is 5.71. The second kappa shape index (κ2) is 10.6. The molecule has 10 heteroatoms. The van der Waals surface area contributed by atoms with Gasteiger partial charge in [0.1, 0.15) is 5.60 Å². The fraction of sp³-hybridized carbons (Fsp3) is 0.643. The van der Waals surface area contributed by atoms with Crippen molar-refractivity contribution in [2.45, 2.75) is 83.0 Å². The van der Waals surface area contributed by atoms with E-state index < -0.39 is 11.5 Å². The van der Waals surface area contributed by atoms with E-state index >= 15 is 0 Å². The number of imide groups is 1. The predicted molar refractivity (Wildman–Crippen MR) is 143 cm³/mol. The zero-order valence-corrected chi connectivity index (χ0v) is 22.9. The molecule has 0 radical (unpaired) electrons. The average molecular weight is 526 g/mol. The lowest BCUT2D eigenvalue weighted by molar-refractivity contribution is -0.134. The molecule has 206 valence electrons. The standard InChI is InChI=1S/C28H39N5O5/c1-28(2,3)38-27(36)33-15-11-20(12-16-33)37-19-9-13-32(14-10-19)18-5-6-21-23(17-18)31(4)30-25(21)22-7-8-24(34)29-26(22)35/h5-6,17,19-20,22H,7-16H2,1-4H3,(H,29,34,35). The molecular formula is C28H39N5O5. The Labute approximate surface area is 223 Å². The van der Waals surface area contributed by atoms with Gasteiger partial charge < -0.3 is 19.3 Å². The number of hydrogen-bond donors (Lipinski definition) is 1. The number of rotatable bonds is 4. The molecule has 0 aliphatic carbocycles. The number of carbonyl (C=O) groups is 3. The average Bonchev–Trinajstić information content (AvgIpc) is 3.19. The van der Waals surface area contributed by atoms with E-state index in [-0.39, 0.29) is 30.1 Å². The number of likely N-dealkylation sites (tertiary alicyclic amines) is 1. The van der Waals surface area contributed by atoms with Gasteiger partial charge in [-0.1, -0.05) is 0 Å². The van der Waals surface area contributed by atoms with Gasteiger partial charge in [-0.3, -0.25) is 19.6 Å². The maximum Gasteiger partial charge on any atom is 0.410 e. The molecule has 1 N–H and O–H groups in total. The Bertz CT molecular complexity index is 1200. The molecule has 0 bridgehead atoms. The smallest absolute Gasteiger partial charge is 0.410 e. The molecule has 3 amide bonds. The third-order valence-corrected chi connectivity index (χ3v) is 7.72. The highest BCUT2D eigenvalue weighted by Gasteiger charge is 2.32. The van der Waals surface area contributed by atoms with Crippen LogP contribution in [0.5, 0.6) is 0 Å². The van der Waals surface area contributed by atoms with Gasteiger partial charge in [0.05, 0.1) is 29.3 Å². The van der Waals surface area contributed by atoms with Crippen LogP contribution < -0.4 is 10.2 Å². The summed E-state index contributed by atoms with van der Waals surface area (Å²) in [6.45, 7) is 8.82. The van der Waals surface area contributed by atoms with Crippen molar-refractivity contribution < 1.29 is 23.9 Å². The maximum atomic E-state index is 12.4. The van der Waals surface area contributed by atoms with E-state index in [1.54, 1.807) is 4.90 Å². The van der Waals surface area contributed by atoms with Crippen LogP contribution in [0.4, 0.5) is 10.5 Å². The summed E-state index contributed by atoms with van der Waals surface area (Å²) >= 11 is 0. The van der Waals surface area contributed by atoms with E-state index in [0.717, 1.165) is 61.1 Å². The normalized spacial score (nSPS) is 22.2. The van der Waals surface area contributed by atoms with E-state index in [4.69, 9.17) is 9.47 Å². The molecule has 1 unspecified atom stereocenters. The molecule has 0 saturated carbocycles. The van der Waals surface area contributed by atoms with Crippen molar-refractivity contribution >= 4 is 34.5 Å². The monoisotopic (exact) mass is 525 g/mol. The Balaban J connectivity index is 1.14. The molecule has 38 heavy (non-hydrogen) atoms. The minimum atomic E-state index is -0.477. The van der Waals surface area contributed by atoms with Crippen molar-refractivity contribution in [1.29, 1.82) is 0 Å². The number of anilines is 1. The zero-order valence-electron chi connectivity index (χ0n) is 22.9. The highest BCUT2D eigenvalue weighted by molar-refractivity contribution is 6.02. The summed E-state index contributed by atoms with van der Waals surface area (Å²) in [5.41, 5.74) is 2.39. The number of carbonyl (C=O) groups excluding carboxylic acids is 3. The molecule has 1 aromatic heterocycles. The van der Waals surface area contributed by atoms with Crippen LogP contribution in [-0.4, -0.2) is 76.6 Å². The van der Waals surface area contributed by atoms with Crippen LogP contribution in [0.3, 0.4) is 0 Å². The number of nitrogens with one attached hydrogen (secondary N) is 1. The van der Waals surface area contributed by atoms with Crippen LogP contribution in [0, 0.1) is 0 Å². The molecule has 10 nitrogen and oxygen atoms in total. The number of hydrogen-bond acceptors (Lipinski definition) is 7. The zero-order chi connectivity index (χ0) is 27.0. The topological polar surface area (TPSA) is 106 Å². The van der Waals surface area contributed by atoms with Crippen LogP contribution in [0.2, 0.25) is 0 Å². The third kappa shape index (κ3) is 5.80. The number of aryl methyl sites for hydroxylation is 1. The Kier molecular flexibility index (Phi) is 7.35. The minimum absolute atomic E-state index is 0.182. The summed E-state index contributed by atoms with van der Waals surface area (Å²) in [5, 5.41) is 8.06. The number of aromatic nitrogens is 2. The van der Waals surface area contributed by atoms with Crippen LogP contribution >= 0.6 is 0 Å². The molecule has 4 heterocycles. The van der Waals surface area contributed by atoms with E-state index in [1.165, 1.54) is 0 Å². The second-order valence-electron chi connectivity index (χ2n) is 11.7. The summed E-state index contributed by atoms with van der Waals surface area (Å²) < 4.78 is 13.8. The molecule has 1 atom stereocenters. The molecule has 3 fully saturated rings. The van der Waals surface area contributed by atoms with Gasteiger partial charge in [0.15, 0.2) is 0 Å². The van der Waals surface area contributed by atoms with Crippen molar-refractivity contribution in [3.63, 3.8) is 0 Å². The first-order valence-electron chi connectivity index (χ1n) is 13.8. The summed E-state index contributed by atoms with van der Waals surface area (Å²) in [5.74, 6) is -0.874. The van der Waals surface area contributed by atoms with Crippen LogP contribution in [0.1, 0.15) is 70.9 Å². The fourth-order valence-electron chi connectivity index (χ4n) is 5.71. The van der Waals surface area contributed by atoms with Gasteiger partial charge in [0.25, 0.3) is 0 Å². The summed E-state index contributed by atoms with van der Waals surface area (Å²) in [6, 6.07) is 6.30. The Morgan fingerprint density at radius 2 is 1.66 bits per heavy atom. The van der Waals surface area contributed by atoms with E-state index in [9.17, 15) is 14.4 Å². The first-order chi connectivity index (χ1) is 18.1. The molecule has 0 spiro atoms. The molecule has 2 aromatic rings. The van der Waals surface area contributed by atoms with Crippen molar-refractivity contribution in [3.05, 3.63) is 23.9 Å². The van der Waals surface area contributed by atoms with Gasteiger partial charge in [-0.25, -0.2) is 4.79 Å². The summed E-state index contributed by atoms with van der Waals surface area (Å²) in [6.07, 6.45) is 4.59. The molecule has 3 aliphatic heterocycles. The van der Waals surface area contributed by atoms with Gasteiger partial charge in [-0.15, -0.1) is 0 Å². The summed E-state index contributed by atoms with van der Waals surface area (Å²) in [7, 11) is 1.90. The van der Waals surface area contributed by atoms with E-state index in [0.29, 0.717) is 25.9 Å². The number of fused-ring (bicyclic) bond motifs is 1. The SMILES string of the molecule is Cn1nc(C2CCC(=O)NC2=O)c2ccc(N3CCC(OC4CCN(C(=O)OC(C)(C)C)CC4)CC3)cc21. The lowest BCUT2D eigenvalue weighted by Crippen LogP contribution is -2.45. The van der Waals surface area contributed by atoms with Gasteiger partial charge >= 0.3 is 6.09 Å². The first kappa shape index (κ1) is 26.5. The van der Waals surface area contributed by atoms with E-state index in [2.05, 4.69) is 33.5 Å². The maximum absolute atomic E-state index is 12.4. The highest BCUT2D eigenvalue weighted by atomic mass is 16.6. The Morgan fingerprint density at radius 3 is 2.29 bits per heavy atom. The van der Waals surface area contributed by atoms with Crippen molar-refractivity contribution in [2.75, 3.05) is 31.1 Å². The minimum Gasteiger partial charge on any atom is -0.444 e. The van der Waals surface area contributed by atoms with Crippen molar-refractivity contribution in [1.82, 2.24) is 20.0 Å². The molecule has 1 aromatic carbocycles. The number of piperidine rings is 3. The first-order valence-corrected chi connectivity index (χ1v) is 13.8. The third-order valence-electron chi connectivity index (χ3n) is 7.72. The van der Waals surface area contributed by atoms with Crippen LogP contribution in [0.15, 0.2) is 18.2 Å². The highest BCUT2D eigenvalue weighted by Crippen LogP contribution is 2.33. The number of amides is 3. The number of nitrogens with zero attached hydrogens (tertiary/aromatic N) is 4. The number of ether oxygens (including phenoxy) is 2. The van der Waals surface area contributed by atoms with Gasteiger partial charge in [0, 0.05) is 50.7 Å². The van der Waals surface area contributed by atoms with Gasteiger partial charge in [0.2, 0.25) is 11.8 Å². The molecule has 3 saturated heterocycles. The Hall–Kier alpha value is -3.14. The number of benzene rings is 1. The van der Waals surface area contributed by atoms with Gasteiger partial charge in [-0.05, 0) is 71.1 Å². The predicted octanol–water partition coefficient (Wildman–Crippen LogP) is 3.48. The van der Waals surface area contributed by atoms with Crippen LogP contribution in [0.25, 0.3) is 10.9 Å².